The number of aromatic nitrogens is 2. The Morgan fingerprint density at radius 2 is 1.86 bits per heavy atom. The first-order valence-corrected chi connectivity index (χ1v) is 13.3. The van der Waals surface area contributed by atoms with Gasteiger partial charge in [-0.15, -0.1) is 27.8 Å². The molecular weight excluding hydrogens is 500 g/mol. The van der Waals surface area contributed by atoms with E-state index in [9.17, 15) is 14.7 Å². The van der Waals surface area contributed by atoms with E-state index in [1.807, 2.05) is 45.2 Å². The average Bonchev–Trinajstić information content (AvgIpc) is 3.37. The number of aliphatic hydroxyl groups is 1. The number of aryl methyl sites for hydroxylation is 1. The number of anilines is 1. The lowest BCUT2D eigenvalue weighted by atomic mass is 10.1. The van der Waals surface area contributed by atoms with Gasteiger partial charge in [0.1, 0.15) is 16.7 Å². The molecule has 3 rings (SSSR count). The molecule has 0 saturated heterocycles. The van der Waals surface area contributed by atoms with Crippen molar-refractivity contribution in [1.82, 2.24) is 15.5 Å². The minimum Gasteiger partial charge on any atom is -0.444 e. The van der Waals surface area contributed by atoms with Gasteiger partial charge < -0.3 is 19.9 Å². The number of nitrogens with one attached hydrogen (secondary N) is 1. The molecule has 9 nitrogen and oxygen atoms in total. The van der Waals surface area contributed by atoms with Crippen LogP contribution in [-0.2, 0) is 22.4 Å². The van der Waals surface area contributed by atoms with E-state index in [4.69, 9.17) is 9.47 Å². The van der Waals surface area contributed by atoms with E-state index in [1.165, 1.54) is 11.3 Å². The normalized spacial score (nSPS) is 12.9. The first-order valence-electron chi connectivity index (χ1n) is 11.6. The van der Waals surface area contributed by atoms with Crippen LogP contribution >= 0.6 is 22.7 Å². The smallest absolute Gasteiger partial charge is 0.415 e. The van der Waals surface area contributed by atoms with E-state index >= 15 is 0 Å². The van der Waals surface area contributed by atoms with Gasteiger partial charge in [0.2, 0.25) is 0 Å². The third-order valence-electron chi connectivity index (χ3n) is 4.96. The van der Waals surface area contributed by atoms with Gasteiger partial charge in [0.25, 0.3) is 0 Å². The third-order valence-corrected chi connectivity index (χ3v) is 7.14. The fourth-order valence-electron chi connectivity index (χ4n) is 3.41. The average molecular weight is 535 g/mol. The lowest BCUT2D eigenvalue weighted by Crippen LogP contribution is -2.42. The van der Waals surface area contributed by atoms with Crippen molar-refractivity contribution < 1.29 is 24.2 Å². The van der Waals surface area contributed by atoms with Crippen LogP contribution in [0.1, 0.15) is 56.9 Å². The Bertz CT molecular complexity index is 1200. The Morgan fingerprint density at radius 1 is 1.17 bits per heavy atom. The van der Waals surface area contributed by atoms with E-state index in [0.717, 1.165) is 20.0 Å². The summed E-state index contributed by atoms with van der Waals surface area (Å²) in [4.78, 5) is 29.0. The van der Waals surface area contributed by atoms with Crippen LogP contribution in [0, 0.1) is 6.92 Å². The molecule has 2 N–H and O–H groups in total. The van der Waals surface area contributed by atoms with Crippen LogP contribution in [0.5, 0.6) is 0 Å². The Balaban J connectivity index is 1.95. The predicted octanol–water partition coefficient (Wildman–Crippen LogP) is 5.43. The maximum Gasteiger partial charge on any atom is 0.415 e. The molecule has 3 aromatic heterocycles. The second kappa shape index (κ2) is 11.1. The van der Waals surface area contributed by atoms with Crippen molar-refractivity contribution in [2.45, 2.75) is 78.7 Å². The molecule has 2 amide bonds. The van der Waals surface area contributed by atoms with Gasteiger partial charge in [-0.3, -0.25) is 4.90 Å². The quantitative estimate of drug-likeness (QED) is 0.415. The number of carbonyl (C=O) groups excluding carboxylic acids is 2. The zero-order chi connectivity index (χ0) is 26.7. The highest BCUT2D eigenvalue weighted by atomic mass is 32.1. The molecule has 3 aromatic rings. The van der Waals surface area contributed by atoms with Crippen molar-refractivity contribution in [3.05, 3.63) is 39.0 Å². The van der Waals surface area contributed by atoms with Crippen LogP contribution in [0.25, 0.3) is 10.2 Å². The highest BCUT2D eigenvalue weighted by Gasteiger charge is 2.28. The molecule has 0 fully saturated rings. The third kappa shape index (κ3) is 7.37. The van der Waals surface area contributed by atoms with Crippen molar-refractivity contribution >= 4 is 50.8 Å². The van der Waals surface area contributed by atoms with Gasteiger partial charge >= 0.3 is 12.2 Å². The number of amides is 2. The van der Waals surface area contributed by atoms with E-state index in [0.29, 0.717) is 24.2 Å². The number of ether oxygens (including phenoxy) is 2. The molecule has 0 bridgehead atoms. The van der Waals surface area contributed by atoms with Crippen LogP contribution in [0.3, 0.4) is 0 Å². The first kappa shape index (κ1) is 27.8. The summed E-state index contributed by atoms with van der Waals surface area (Å²) in [6, 6.07) is 3.36. The second-order valence-electron chi connectivity index (χ2n) is 10.4. The molecule has 11 heteroatoms. The predicted molar refractivity (Wildman–Crippen MR) is 143 cm³/mol. The molecular formula is C25H34N4O5S2. The van der Waals surface area contributed by atoms with E-state index in [-0.39, 0.29) is 6.61 Å². The van der Waals surface area contributed by atoms with Crippen LogP contribution in [0.4, 0.5) is 15.3 Å². The standard InChI is InChI=1S/C25H34N4O5S2/c1-15-19(11-16(14-30)27-22(31)33-24(2,3)4)36-21-18(12-26-28-20(15)21)29(13-17-9-8-10-35-17)23(32)34-25(5,6)7/h8-10,12,16,30H,11,13-14H2,1-7H3,(H,27,31)/t16-/m1/s1. The second-order valence-corrected chi connectivity index (χ2v) is 12.6. The lowest BCUT2D eigenvalue weighted by Gasteiger charge is -2.27. The zero-order valence-electron chi connectivity index (χ0n) is 21.7. The molecule has 0 saturated carbocycles. The Morgan fingerprint density at radius 3 is 2.44 bits per heavy atom. The molecule has 0 aliphatic carbocycles. The number of hydrogen-bond acceptors (Lipinski definition) is 9. The summed E-state index contributed by atoms with van der Waals surface area (Å²) in [7, 11) is 0. The summed E-state index contributed by atoms with van der Waals surface area (Å²) < 4.78 is 11.8. The molecule has 0 aliphatic rings. The highest BCUT2D eigenvalue weighted by molar-refractivity contribution is 7.19. The van der Waals surface area contributed by atoms with Crippen LogP contribution < -0.4 is 10.2 Å². The molecule has 0 unspecified atom stereocenters. The molecule has 196 valence electrons. The minimum absolute atomic E-state index is 0.256. The van der Waals surface area contributed by atoms with Crippen LogP contribution in [0.2, 0.25) is 0 Å². The number of fused-ring (bicyclic) bond motifs is 1. The largest absolute Gasteiger partial charge is 0.444 e. The SMILES string of the molecule is Cc1c(C[C@H](CO)NC(=O)OC(C)(C)C)sc2c(N(Cc3cccs3)C(=O)OC(C)(C)C)cnnc12. The summed E-state index contributed by atoms with van der Waals surface area (Å²) in [5.41, 5.74) is 0.844. The van der Waals surface area contributed by atoms with Gasteiger partial charge in [-0.2, -0.15) is 5.10 Å². The van der Waals surface area contributed by atoms with Crippen LogP contribution in [0.15, 0.2) is 23.7 Å². The summed E-state index contributed by atoms with van der Waals surface area (Å²) in [6.07, 6.45) is 0.882. The summed E-state index contributed by atoms with van der Waals surface area (Å²) in [5.74, 6) is 0. The van der Waals surface area contributed by atoms with Gasteiger partial charge in [-0.1, -0.05) is 6.07 Å². The number of alkyl carbamates (subject to hydrolysis) is 1. The van der Waals surface area contributed by atoms with Crippen molar-refractivity contribution in [1.29, 1.82) is 0 Å². The topological polar surface area (TPSA) is 114 Å². The fraction of sp³-hybridized carbons (Fsp3) is 0.520. The van der Waals surface area contributed by atoms with E-state index < -0.39 is 29.4 Å². The number of thiophene rings is 2. The van der Waals surface area contributed by atoms with Gasteiger partial charge in [0, 0.05) is 16.2 Å². The molecule has 36 heavy (non-hydrogen) atoms. The minimum atomic E-state index is -0.664. The number of aliphatic hydroxyl groups excluding tert-OH is 1. The summed E-state index contributed by atoms with van der Waals surface area (Å²) >= 11 is 3.01. The number of carbonyl (C=O) groups is 2. The molecule has 0 spiro atoms. The zero-order valence-corrected chi connectivity index (χ0v) is 23.4. The lowest BCUT2D eigenvalue weighted by molar-refractivity contribution is 0.0482. The maximum atomic E-state index is 13.3. The Kier molecular flexibility index (Phi) is 8.58. The molecule has 3 heterocycles. The van der Waals surface area contributed by atoms with Gasteiger partial charge in [0.15, 0.2) is 0 Å². The van der Waals surface area contributed by atoms with Gasteiger partial charge in [0.05, 0.1) is 35.8 Å². The van der Waals surface area contributed by atoms with E-state index in [1.54, 1.807) is 43.2 Å². The summed E-state index contributed by atoms with van der Waals surface area (Å²) in [5, 5.41) is 23.1. The fourth-order valence-corrected chi connectivity index (χ4v) is 5.45. The summed E-state index contributed by atoms with van der Waals surface area (Å²) in [6.45, 7) is 12.8. The first-order chi connectivity index (χ1) is 16.8. The van der Waals surface area contributed by atoms with Crippen molar-refractivity contribution in [2.75, 3.05) is 11.5 Å². The van der Waals surface area contributed by atoms with E-state index in [2.05, 4.69) is 15.5 Å². The van der Waals surface area contributed by atoms with Crippen molar-refractivity contribution in [2.24, 2.45) is 0 Å². The number of hydrogen-bond donors (Lipinski definition) is 2. The number of nitrogens with zero attached hydrogens (tertiary/aromatic N) is 3. The Hall–Kier alpha value is -2.76. The van der Waals surface area contributed by atoms with Crippen molar-refractivity contribution in [3.63, 3.8) is 0 Å². The van der Waals surface area contributed by atoms with Crippen molar-refractivity contribution in [3.8, 4) is 0 Å². The molecule has 1 atom stereocenters. The highest BCUT2D eigenvalue weighted by Crippen LogP contribution is 2.37. The van der Waals surface area contributed by atoms with Gasteiger partial charge in [-0.05, 0) is 65.5 Å². The Labute approximate surface area is 219 Å². The molecule has 0 aromatic carbocycles. The monoisotopic (exact) mass is 534 g/mol. The molecule has 0 radical (unpaired) electrons. The van der Waals surface area contributed by atoms with Gasteiger partial charge in [-0.25, -0.2) is 9.59 Å². The number of rotatable bonds is 7. The molecule has 0 aliphatic heterocycles. The maximum absolute atomic E-state index is 13.3. The van der Waals surface area contributed by atoms with Crippen LogP contribution in [-0.4, -0.2) is 51.3 Å².